The second-order valence-corrected chi connectivity index (χ2v) is 3.57. The molecule has 0 unspecified atom stereocenters. The van der Waals surface area contributed by atoms with Gasteiger partial charge in [-0.3, -0.25) is 4.79 Å². The topological polar surface area (TPSA) is 29.1 Å². The Balaban J connectivity index is 3.14. The van der Waals surface area contributed by atoms with Crippen molar-refractivity contribution in [2.75, 3.05) is 12.4 Å². The zero-order valence-electron chi connectivity index (χ0n) is 7.90. The third-order valence-corrected chi connectivity index (χ3v) is 1.90. The summed E-state index contributed by atoms with van der Waals surface area (Å²) in [7, 11) is 0. The van der Waals surface area contributed by atoms with Gasteiger partial charge in [0.15, 0.2) is 0 Å². The summed E-state index contributed by atoms with van der Waals surface area (Å²) in [6, 6.07) is 0. The lowest BCUT2D eigenvalue weighted by Crippen LogP contribution is -2.28. The first kappa shape index (κ1) is 11.8. The number of carbonyl (C=O) groups is 1. The Morgan fingerprint density at radius 1 is 1.33 bits per heavy atom. The maximum atomic E-state index is 11.0. The van der Waals surface area contributed by atoms with Crippen molar-refractivity contribution in [3.05, 3.63) is 0 Å². The van der Waals surface area contributed by atoms with Crippen LogP contribution in [0.15, 0.2) is 0 Å². The average molecular weight is 192 g/mol. The molecule has 0 saturated heterocycles. The van der Waals surface area contributed by atoms with Crippen molar-refractivity contribution in [2.24, 2.45) is 5.92 Å². The Kier molecular flexibility index (Phi) is 7.26. The summed E-state index contributed by atoms with van der Waals surface area (Å²) < 4.78 is 0. The molecule has 0 saturated carbocycles. The van der Waals surface area contributed by atoms with Gasteiger partial charge < -0.3 is 5.32 Å². The fourth-order valence-electron chi connectivity index (χ4n) is 0.812. The normalized spacial score (nSPS) is 10.3. The molecule has 2 nitrogen and oxygen atoms in total. The molecule has 0 rings (SSSR count). The summed E-state index contributed by atoms with van der Waals surface area (Å²) >= 11 is 5.51. The highest BCUT2D eigenvalue weighted by Gasteiger charge is 2.04. The third-order valence-electron chi connectivity index (χ3n) is 1.63. The number of unbranched alkanes of at least 4 members (excludes halogenated alkanes) is 2. The molecule has 3 heteroatoms. The summed E-state index contributed by atoms with van der Waals surface area (Å²) in [5, 5.41) is 2.86. The van der Waals surface area contributed by atoms with Crippen LogP contribution in [0.4, 0.5) is 0 Å². The van der Waals surface area contributed by atoms with Gasteiger partial charge in [-0.05, 0) is 12.8 Å². The van der Waals surface area contributed by atoms with Crippen LogP contribution in [0.5, 0.6) is 0 Å². The van der Waals surface area contributed by atoms with Crippen LogP contribution < -0.4 is 5.32 Å². The van der Waals surface area contributed by atoms with E-state index in [1.807, 2.05) is 13.8 Å². The highest BCUT2D eigenvalue weighted by molar-refractivity contribution is 6.17. The molecule has 0 fully saturated rings. The second kappa shape index (κ2) is 7.41. The highest BCUT2D eigenvalue weighted by Crippen LogP contribution is 1.96. The fourth-order valence-corrected chi connectivity index (χ4v) is 1.00. The number of halogens is 1. The van der Waals surface area contributed by atoms with Crippen LogP contribution >= 0.6 is 11.6 Å². The second-order valence-electron chi connectivity index (χ2n) is 3.20. The number of amides is 1. The molecule has 0 aromatic carbocycles. The van der Waals surface area contributed by atoms with Gasteiger partial charge in [0, 0.05) is 18.3 Å². The summed E-state index contributed by atoms with van der Waals surface area (Å²) in [6.07, 6.45) is 3.17. The highest BCUT2D eigenvalue weighted by atomic mass is 35.5. The van der Waals surface area contributed by atoms with E-state index in [0.717, 1.165) is 31.7 Å². The van der Waals surface area contributed by atoms with Gasteiger partial charge in [0.25, 0.3) is 0 Å². The zero-order chi connectivity index (χ0) is 9.40. The van der Waals surface area contributed by atoms with Gasteiger partial charge in [-0.1, -0.05) is 20.3 Å². The van der Waals surface area contributed by atoms with Crippen LogP contribution in [0, 0.1) is 5.92 Å². The first-order valence-electron chi connectivity index (χ1n) is 4.52. The molecule has 0 aromatic rings. The van der Waals surface area contributed by atoms with Gasteiger partial charge in [-0.2, -0.15) is 0 Å². The van der Waals surface area contributed by atoms with Gasteiger partial charge in [0.05, 0.1) is 0 Å². The molecule has 0 heterocycles. The van der Waals surface area contributed by atoms with Crippen LogP contribution in [-0.2, 0) is 4.79 Å². The molecule has 12 heavy (non-hydrogen) atoms. The van der Waals surface area contributed by atoms with Crippen molar-refractivity contribution in [3.63, 3.8) is 0 Å². The van der Waals surface area contributed by atoms with Gasteiger partial charge in [-0.15, -0.1) is 11.6 Å². The number of nitrogens with one attached hydrogen (secondary N) is 1. The van der Waals surface area contributed by atoms with E-state index in [-0.39, 0.29) is 11.8 Å². The molecule has 1 amide bonds. The van der Waals surface area contributed by atoms with Crippen molar-refractivity contribution >= 4 is 17.5 Å². The van der Waals surface area contributed by atoms with Crippen molar-refractivity contribution in [1.82, 2.24) is 5.32 Å². The van der Waals surface area contributed by atoms with Gasteiger partial charge in [-0.25, -0.2) is 0 Å². The van der Waals surface area contributed by atoms with E-state index in [9.17, 15) is 4.79 Å². The molecule has 1 N–H and O–H groups in total. The predicted octanol–water partition coefficient (Wildman–Crippen LogP) is 2.17. The lowest BCUT2D eigenvalue weighted by molar-refractivity contribution is -0.123. The van der Waals surface area contributed by atoms with E-state index >= 15 is 0 Å². The van der Waals surface area contributed by atoms with E-state index in [1.54, 1.807) is 0 Å². The molecule has 72 valence electrons. The Bertz CT molecular complexity index is 126. The molecule has 0 radical (unpaired) electrons. The molecule has 0 aliphatic carbocycles. The van der Waals surface area contributed by atoms with Crippen LogP contribution in [-0.4, -0.2) is 18.3 Å². The summed E-state index contributed by atoms with van der Waals surface area (Å²) in [6.45, 7) is 4.58. The Morgan fingerprint density at radius 2 is 2.00 bits per heavy atom. The van der Waals surface area contributed by atoms with Crippen LogP contribution in [0.3, 0.4) is 0 Å². The monoisotopic (exact) mass is 191 g/mol. The quantitative estimate of drug-likeness (QED) is 0.506. The first-order valence-corrected chi connectivity index (χ1v) is 5.05. The minimum atomic E-state index is 0.0954. The van der Waals surface area contributed by atoms with Gasteiger partial charge in [0.1, 0.15) is 0 Å². The number of carbonyl (C=O) groups excluding carboxylic acids is 1. The third kappa shape index (κ3) is 6.47. The Labute approximate surface area is 79.7 Å². The largest absolute Gasteiger partial charge is 0.356 e. The van der Waals surface area contributed by atoms with Crippen LogP contribution in [0.2, 0.25) is 0 Å². The minimum absolute atomic E-state index is 0.0954. The maximum absolute atomic E-state index is 11.0. The molecule has 0 aromatic heterocycles. The van der Waals surface area contributed by atoms with E-state index in [2.05, 4.69) is 5.32 Å². The lowest BCUT2D eigenvalue weighted by atomic mass is 10.2. The maximum Gasteiger partial charge on any atom is 0.222 e. The van der Waals surface area contributed by atoms with Crippen LogP contribution in [0.1, 0.15) is 33.1 Å². The van der Waals surface area contributed by atoms with Crippen molar-refractivity contribution in [3.8, 4) is 0 Å². The summed E-state index contributed by atoms with van der Waals surface area (Å²) in [4.78, 5) is 11.0. The van der Waals surface area contributed by atoms with Gasteiger partial charge >= 0.3 is 0 Å². The number of hydrogen-bond donors (Lipinski definition) is 1. The summed E-state index contributed by atoms with van der Waals surface area (Å²) in [5.41, 5.74) is 0. The molecule has 0 aliphatic heterocycles. The number of hydrogen-bond acceptors (Lipinski definition) is 1. The molecular formula is C9H18ClNO. The first-order chi connectivity index (χ1) is 5.68. The van der Waals surface area contributed by atoms with Crippen molar-refractivity contribution in [1.29, 1.82) is 0 Å². The van der Waals surface area contributed by atoms with Crippen LogP contribution in [0.25, 0.3) is 0 Å². The van der Waals surface area contributed by atoms with E-state index in [1.165, 1.54) is 0 Å². The molecule has 0 aliphatic rings. The Hall–Kier alpha value is -0.240. The van der Waals surface area contributed by atoms with Gasteiger partial charge in [0.2, 0.25) is 5.91 Å². The summed E-state index contributed by atoms with van der Waals surface area (Å²) in [5.74, 6) is 0.955. The Morgan fingerprint density at radius 3 is 2.50 bits per heavy atom. The molecular weight excluding hydrogens is 174 g/mol. The van der Waals surface area contributed by atoms with Crippen molar-refractivity contribution in [2.45, 2.75) is 33.1 Å². The zero-order valence-corrected chi connectivity index (χ0v) is 8.66. The predicted molar refractivity (Wildman–Crippen MR) is 52.4 cm³/mol. The number of alkyl halides is 1. The average Bonchev–Trinajstić information content (AvgIpc) is 2.03. The number of rotatable bonds is 6. The SMILES string of the molecule is CC(C)C(=O)NCCCCCCl. The smallest absolute Gasteiger partial charge is 0.222 e. The molecule has 0 atom stereocenters. The van der Waals surface area contributed by atoms with Crippen molar-refractivity contribution < 1.29 is 4.79 Å². The molecule has 0 bridgehead atoms. The molecule has 0 spiro atoms. The van der Waals surface area contributed by atoms with E-state index < -0.39 is 0 Å². The fraction of sp³-hybridized carbons (Fsp3) is 0.889. The minimum Gasteiger partial charge on any atom is -0.356 e. The lowest BCUT2D eigenvalue weighted by Gasteiger charge is -2.06. The van der Waals surface area contributed by atoms with E-state index in [4.69, 9.17) is 11.6 Å². The van der Waals surface area contributed by atoms with E-state index in [0.29, 0.717) is 0 Å². The standard InChI is InChI=1S/C9H18ClNO/c1-8(2)9(12)11-7-5-3-4-6-10/h8H,3-7H2,1-2H3,(H,11,12).